The molecule has 0 radical (unpaired) electrons. The van der Waals surface area contributed by atoms with Gasteiger partial charge in [-0.2, -0.15) is 13.2 Å². The summed E-state index contributed by atoms with van der Waals surface area (Å²) in [5, 5.41) is 0. The number of aryl methyl sites for hydroxylation is 1. The number of imidazole rings is 1. The zero-order valence-corrected chi connectivity index (χ0v) is 21.3. The zero-order valence-electron chi connectivity index (χ0n) is 21.3. The number of pyridine rings is 1. The molecule has 2 aromatic heterocycles. The zero-order chi connectivity index (χ0) is 27.7. The largest absolute Gasteiger partial charge is 0.433 e. The van der Waals surface area contributed by atoms with Gasteiger partial charge in [-0.25, -0.2) is 18.7 Å². The van der Waals surface area contributed by atoms with Crippen molar-refractivity contribution in [3.63, 3.8) is 0 Å². The molecule has 3 aromatic rings. The molecule has 1 amide bonds. The van der Waals surface area contributed by atoms with E-state index in [2.05, 4.69) is 9.55 Å². The summed E-state index contributed by atoms with van der Waals surface area (Å²) in [6.07, 6.45) is -4.33. The first-order valence-electron chi connectivity index (χ1n) is 11.8. The summed E-state index contributed by atoms with van der Waals surface area (Å²) in [5.74, 6) is -1.06. The Morgan fingerprint density at radius 2 is 1.76 bits per heavy atom. The number of nitrogens with two attached hydrogens (primary N) is 1. The Balaban J connectivity index is 0.000000289. The van der Waals surface area contributed by atoms with E-state index >= 15 is 0 Å². The monoisotopic (exact) mass is 523 g/mol. The van der Waals surface area contributed by atoms with Gasteiger partial charge in [0.1, 0.15) is 11.5 Å². The van der Waals surface area contributed by atoms with Crippen molar-refractivity contribution < 1.29 is 26.7 Å². The summed E-state index contributed by atoms with van der Waals surface area (Å²) in [6, 6.07) is 7.63. The molecule has 0 saturated carbocycles. The van der Waals surface area contributed by atoms with E-state index in [4.69, 9.17) is 10.7 Å². The number of fused-ring (bicyclic) bond motifs is 1. The third-order valence-electron chi connectivity index (χ3n) is 6.17. The van der Waals surface area contributed by atoms with Crippen molar-refractivity contribution in [3.05, 3.63) is 70.9 Å². The number of amides is 1. The van der Waals surface area contributed by atoms with Crippen LogP contribution in [-0.4, -0.2) is 38.4 Å². The number of aromatic nitrogens is 3. The van der Waals surface area contributed by atoms with Crippen molar-refractivity contribution in [1.29, 1.82) is 0 Å². The van der Waals surface area contributed by atoms with Crippen LogP contribution in [0.15, 0.2) is 36.4 Å². The van der Waals surface area contributed by atoms with Crippen LogP contribution in [-0.2, 0) is 23.1 Å². The predicted octanol–water partition coefficient (Wildman–Crippen LogP) is 5.40. The van der Waals surface area contributed by atoms with Gasteiger partial charge in [0.2, 0.25) is 5.91 Å². The maximum Gasteiger partial charge on any atom is 0.433 e. The van der Waals surface area contributed by atoms with Crippen LogP contribution in [0.2, 0.25) is 0 Å². The van der Waals surface area contributed by atoms with Gasteiger partial charge >= 0.3 is 6.18 Å². The fourth-order valence-corrected chi connectivity index (χ4v) is 4.45. The third-order valence-corrected chi connectivity index (χ3v) is 6.17. The summed E-state index contributed by atoms with van der Waals surface area (Å²) in [7, 11) is 0. The number of nitrogens with zero attached hydrogens (tertiary/aromatic N) is 4. The van der Waals surface area contributed by atoms with Crippen LogP contribution in [0.4, 0.5) is 22.0 Å². The van der Waals surface area contributed by atoms with Crippen LogP contribution >= 0.6 is 0 Å². The predicted molar refractivity (Wildman–Crippen MR) is 129 cm³/mol. The number of halogens is 5. The average molecular weight is 524 g/mol. The minimum absolute atomic E-state index is 0.0583. The lowest BCUT2D eigenvalue weighted by atomic mass is 9.98. The smallest absolute Gasteiger partial charge is 0.327 e. The standard InChI is InChI=1S/C19H24F2N4O.C7H6F3N/c1-11(2)17-16(12-5-6-13(20)14(21)9-12)23-18-19(3,4)25(15(26)10-22)8-7-24(17)18;1-5-3-2-4-6(11-5)7(8,9)10/h5-6,9,11H,7-8,10,22H2,1-4H3;2-4H,1H3. The molecule has 2 N–H and O–H groups in total. The van der Waals surface area contributed by atoms with Crippen molar-refractivity contribution in [2.45, 2.75) is 58.8 Å². The molecule has 0 saturated heterocycles. The summed E-state index contributed by atoms with van der Waals surface area (Å²) in [6.45, 7) is 10.5. The third kappa shape index (κ3) is 5.82. The Morgan fingerprint density at radius 3 is 2.27 bits per heavy atom. The van der Waals surface area contributed by atoms with E-state index in [1.165, 1.54) is 31.2 Å². The molecule has 0 spiro atoms. The highest BCUT2D eigenvalue weighted by molar-refractivity contribution is 5.79. The summed E-state index contributed by atoms with van der Waals surface area (Å²) in [5.41, 5.74) is 6.56. The molecule has 11 heteroatoms. The molecule has 0 atom stereocenters. The van der Waals surface area contributed by atoms with E-state index in [-0.39, 0.29) is 18.4 Å². The number of rotatable bonds is 3. The minimum Gasteiger partial charge on any atom is -0.327 e. The maximum atomic E-state index is 13.8. The van der Waals surface area contributed by atoms with Crippen molar-refractivity contribution in [2.75, 3.05) is 13.1 Å². The van der Waals surface area contributed by atoms with Crippen LogP contribution in [0.1, 0.15) is 56.5 Å². The van der Waals surface area contributed by atoms with E-state index < -0.39 is 29.0 Å². The van der Waals surface area contributed by atoms with Gasteiger partial charge in [-0.3, -0.25) is 4.79 Å². The Morgan fingerprint density at radius 1 is 1.08 bits per heavy atom. The van der Waals surface area contributed by atoms with E-state index in [0.717, 1.165) is 23.7 Å². The van der Waals surface area contributed by atoms with E-state index in [9.17, 15) is 26.7 Å². The lowest BCUT2D eigenvalue weighted by molar-refractivity contribution is -0.141. The molecule has 3 heterocycles. The highest BCUT2D eigenvalue weighted by Crippen LogP contribution is 2.38. The number of benzene rings is 1. The molecule has 0 fully saturated rings. The molecular formula is C26H30F5N5O. The lowest BCUT2D eigenvalue weighted by Gasteiger charge is -2.42. The molecule has 200 valence electrons. The summed E-state index contributed by atoms with van der Waals surface area (Å²) in [4.78, 5) is 22.1. The first-order valence-corrected chi connectivity index (χ1v) is 11.8. The van der Waals surface area contributed by atoms with Gasteiger partial charge in [0.25, 0.3) is 0 Å². The van der Waals surface area contributed by atoms with Crippen LogP contribution in [0.5, 0.6) is 0 Å². The first kappa shape index (κ1) is 28.2. The van der Waals surface area contributed by atoms with Gasteiger partial charge in [-0.05, 0) is 57.0 Å². The number of hydrogen-bond donors (Lipinski definition) is 1. The highest BCUT2D eigenvalue weighted by Gasteiger charge is 2.41. The normalized spacial score (nSPS) is 14.8. The SMILES string of the molecule is CC(C)c1c(-c2ccc(F)c(F)c2)nc2n1CCN(C(=O)CN)C2(C)C.Cc1cccc(C(F)(F)F)n1. The number of alkyl halides is 3. The topological polar surface area (TPSA) is 77.0 Å². The quantitative estimate of drug-likeness (QED) is 0.467. The minimum atomic E-state index is -4.33. The van der Waals surface area contributed by atoms with Crippen LogP contribution < -0.4 is 5.73 Å². The molecule has 0 aliphatic carbocycles. The fraction of sp³-hybridized carbons (Fsp3) is 0.423. The molecule has 1 aliphatic rings. The molecule has 1 aromatic carbocycles. The number of carbonyl (C=O) groups is 1. The van der Waals surface area contributed by atoms with Crippen LogP contribution in [0.25, 0.3) is 11.3 Å². The lowest BCUT2D eigenvalue weighted by Crippen LogP contribution is -2.53. The fourth-order valence-electron chi connectivity index (χ4n) is 4.45. The highest BCUT2D eigenvalue weighted by atomic mass is 19.4. The Kier molecular flexibility index (Phi) is 8.06. The second kappa shape index (κ2) is 10.6. The number of hydrogen-bond acceptors (Lipinski definition) is 4. The average Bonchev–Trinajstić information content (AvgIpc) is 3.22. The second-order valence-corrected chi connectivity index (χ2v) is 9.57. The molecule has 4 rings (SSSR count). The van der Waals surface area contributed by atoms with Gasteiger partial charge in [-0.1, -0.05) is 19.9 Å². The second-order valence-electron chi connectivity index (χ2n) is 9.57. The van der Waals surface area contributed by atoms with Crippen molar-refractivity contribution >= 4 is 5.91 Å². The molecule has 0 unspecified atom stereocenters. The van der Waals surface area contributed by atoms with Gasteiger partial charge in [0, 0.05) is 30.0 Å². The van der Waals surface area contributed by atoms with Crippen molar-refractivity contribution in [3.8, 4) is 11.3 Å². The van der Waals surface area contributed by atoms with Crippen molar-refractivity contribution in [1.82, 2.24) is 19.4 Å². The summed E-state index contributed by atoms with van der Waals surface area (Å²) < 4.78 is 64.9. The van der Waals surface area contributed by atoms with E-state index in [1.54, 1.807) is 4.90 Å². The molecule has 37 heavy (non-hydrogen) atoms. The van der Waals surface area contributed by atoms with Gasteiger partial charge in [0.15, 0.2) is 11.6 Å². The maximum absolute atomic E-state index is 13.8. The molecule has 6 nitrogen and oxygen atoms in total. The van der Waals surface area contributed by atoms with Gasteiger partial charge < -0.3 is 15.2 Å². The Labute approximate surface area is 212 Å². The molecular weight excluding hydrogens is 493 g/mol. The van der Waals surface area contributed by atoms with Crippen molar-refractivity contribution in [2.24, 2.45) is 5.73 Å². The van der Waals surface area contributed by atoms with Gasteiger partial charge in [-0.15, -0.1) is 0 Å². The summed E-state index contributed by atoms with van der Waals surface area (Å²) >= 11 is 0. The van der Waals surface area contributed by atoms with Gasteiger partial charge in [0.05, 0.1) is 17.8 Å². The van der Waals surface area contributed by atoms with Crippen LogP contribution in [0, 0.1) is 18.6 Å². The van der Waals surface area contributed by atoms with E-state index in [1.807, 2.05) is 27.7 Å². The van der Waals surface area contributed by atoms with Crippen LogP contribution in [0.3, 0.4) is 0 Å². The first-order chi connectivity index (χ1) is 17.2. The molecule has 0 bridgehead atoms. The Bertz CT molecular complexity index is 1280. The number of carbonyl (C=O) groups excluding carboxylic acids is 1. The van der Waals surface area contributed by atoms with E-state index in [0.29, 0.717) is 30.0 Å². The Hall–Kier alpha value is -3.34. The molecule has 1 aliphatic heterocycles.